The molecule has 1 N–H and O–H groups in total. The van der Waals surface area contributed by atoms with Crippen molar-refractivity contribution in [2.24, 2.45) is 16.8 Å². The van der Waals surface area contributed by atoms with Crippen LogP contribution in [-0.4, -0.2) is 44.1 Å². The quantitative estimate of drug-likeness (QED) is 0.505. The monoisotopic (exact) mass is 367 g/mol. The van der Waals surface area contributed by atoms with E-state index in [1.54, 1.807) is 7.05 Å². The Morgan fingerprint density at radius 1 is 1.41 bits per heavy atom. The summed E-state index contributed by atoms with van der Waals surface area (Å²) in [6.45, 7) is 4.23. The van der Waals surface area contributed by atoms with E-state index in [0.29, 0.717) is 13.1 Å². The van der Waals surface area contributed by atoms with Crippen LogP contribution in [0.15, 0.2) is 33.7 Å². The van der Waals surface area contributed by atoms with Gasteiger partial charge in [-0.2, -0.15) is 0 Å². The van der Waals surface area contributed by atoms with Crippen molar-refractivity contribution in [2.75, 3.05) is 27.2 Å². The molecule has 0 amide bonds. The van der Waals surface area contributed by atoms with Gasteiger partial charge < -0.3 is 15.0 Å². The van der Waals surface area contributed by atoms with Gasteiger partial charge >= 0.3 is 5.97 Å². The van der Waals surface area contributed by atoms with E-state index in [-0.39, 0.29) is 17.8 Å². The zero-order chi connectivity index (χ0) is 16.1. The van der Waals surface area contributed by atoms with Gasteiger partial charge in [-0.25, -0.2) is 0 Å². The average Bonchev–Trinajstić information content (AvgIpc) is 2.91. The molecule has 6 heteroatoms. The summed E-state index contributed by atoms with van der Waals surface area (Å²) in [5.41, 5.74) is 1.18. The van der Waals surface area contributed by atoms with Gasteiger partial charge in [0.15, 0.2) is 5.96 Å². The summed E-state index contributed by atoms with van der Waals surface area (Å²) in [6.07, 6.45) is 0. The molecule has 0 aromatic heterocycles. The van der Waals surface area contributed by atoms with Crippen LogP contribution in [0, 0.1) is 11.8 Å². The minimum atomic E-state index is -0.140. The molecule has 2 unspecified atom stereocenters. The van der Waals surface area contributed by atoms with E-state index in [1.807, 2.05) is 12.1 Å². The van der Waals surface area contributed by atoms with Crippen LogP contribution in [0.2, 0.25) is 0 Å². The average molecular weight is 368 g/mol. The standard InChI is InChI=1S/C16H22BrN3O2/c1-11-9-20(10-14(11)15(21)22-3)16(18-2)19-8-12-4-6-13(17)7-5-12/h4-7,11,14H,8-10H2,1-3H3,(H,18,19). The van der Waals surface area contributed by atoms with Gasteiger partial charge in [-0.3, -0.25) is 9.79 Å². The van der Waals surface area contributed by atoms with Crippen LogP contribution in [0.1, 0.15) is 12.5 Å². The predicted molar refractivity (Wildman–Crippen MR) is 90.6 cm³/mol. The normalized spacial score (nSPS) is 21.8. The summed E-state index contributed by atoms with van der Waals surface area (Å²) in [4.78, 5) is 18.2. The number of rotatable bonds is 3. The summed E-state index contributed by atoms with van der Waals surface area (Å²) in [7, 11) is 3.21. The number of carbonyl (C=O) groups is 1. The number of hydrogen-bond acceptors (Lipinski definition) is 3. The Morgan fingerprint density at radius 3 is 2.68 bits per heavy atom. The molecule has 1 aromatic rings. The van der Waals surface area contributed by atoms with Crippen molar-refractivity contribution in [1.82, 2.24) is 10.2 Å². The Balaban J connectivity index is 1.95. The Morgan fingerprint density at radius 2 is 2.09 bits per heavy atom. The number of halogens is 1. The molecule has 22 heavy (non-hydrogen) atoms. The summed E-state index contributed by atoms with van der Waals surface area (Å²) in [6, 6.07) is 8.17. The second kappa shape index (κ2) is 7.63. The van der Waals surface area contributed by atoms with Crippen molar-refractivity contribution in [3.63, 3.8) is 0 Å². The number of esters is 1. The molecular formula is C16H22BrN3O2. The molecule has 0 spiro atoms. The number of guanidine groups is 1. The number of hydrogen-bond donors (Lipinski definition) is 1. The Hall–Kier alpha value is -1.56. The molecule has 120 valence electrons. The molecule has 0 saturated carbocycles. The van der Waals surface area contributed by atoms with E-state index in [4.69, 9.17) is 4.74 Å². The molecule has 1 aliphatic heterocycles. The first kappa shape index (κ1) is 16.8. The van der Waals surface area contributed by atoms with Crippen molar-refractivity contribution in [3.8, 4) is 0 Å². The van der Waals surface area contributed by atoms with Crippen molar-refractivity contribution in [1.29, 1.82) is 0 Å². The third-order valence-electron chi connectivity index (χ3n) is 3.99. The highest BCUT2D eigenvalue weighted by Crippen LogP contribution is 2.24. The van der Waals surface area contributed by atoms with Crippen molar-refractivity contribution >= 4 is 27.9 Å². The second-order valence-corrected chi connectivity index (χ2v) is 6.45. The van der Waals surface area contributed by atoms with Crippen molar-refractivity contribution in [3.05, 3.63) is 34.3 Å². The van der Waals surface area contributed by atoms with Crippen LogP contribution in [0.3, 0.4) is 0 Å². The number of aliphatic imine (C=N–C) groups is 1. The van der Waals surface area contributed by atoms with Gasteiger partial charge in [-0.15, -0.1) is 0 Å². The number of benzene rings is 1. The molecule has 0 radical (unpaired) electrons. The maximum Gasteiger partial charge on any atom is 0.310 e. The van der Waals surface area contributed by atoms with Gasteiger partial charge in [0.1, 0.15) is 0 Å². The lowest BCUT2D eigenvalue weighted by molar-refractivity contribution is -0.145. The molecule has 1 aliphatic rings. The number of carbonyl (C=O) groups excluding carboxylic acids is 1. The molecule has 5 nitrogen and oxygen atoms in total. The van der Waals surface area contributed by atoms with Crippen LogP contribution in [0.25, 0.3) is 0 Å². The van der Waals surface area contributed by atoms with Crippen LogP contribution in [-0.2, 0) is 16.1 Å². The van der Waals surface area contributed by atoms with Crippen LogP contribution >= 0.6 is 15.9 Å². The van der Waals surface area contributed by atoms with Crippen molar-refractivity contribution < 1.29 is 9.53 Å². The van der Waals surface area contributed by atoms with Crippen molar-refractivity contribution in [2.45, 2.75) is 13.5 Å². The van der Waals surface area contributed by atoms with E-state index in [2.05, 4.69) is 50.2 Å². The highest BCUT2D eigenvalue weighted by atomic mass is 79.9. The predicted octanol–water partition coefficient (Wildman–Crippen LogP) is 2.27. The maximum atomic E-state index is 11.8. The van der Waals surface area contributed by atoms with E-state index in [0.717, 1.165) is 17.0 Å². The van der Waals surface area contributed by atoms with E-state index < -0.39 is 0 Å². The molecule has 1 heterocycles. The molecule has 0 bridgehead atoms. The maximum absolute atomic E-state index is 11.8. The minimum Gasteiger partial charge on any atom is -0.469 e. The summed E-state index contributed by atoms with van der Waals surface area (Å²) in [5.74, 6) is 0.856. The Labute approximate surface area is 139 Å². The fourth-order valence-electron chi connectivity index (χ4n) is 2.71. The van der Waals surface area contributed by atoms with Gasteiger partial charge in [0.05, 0.1) is 13.0 Å². The third kappa shape index (κ3) is 4.00. The highest BCUT2D eigenvalue weighted by molar-refractivity contribution is 9.10. The summed E-state index contributed by atoms with van der Waals surface area (Å²) < 4.78 is 5.94. The zero-order valence-corrected chi connectivity index (χ0v) is 14.8. The summed E-state index contributed by atoms with van der Waals surface area (Å²) in [5, 5.41) is 3.35. The van der Waals surface area contributed by atoms with Crippen LogP contribution in [0.5, 0.6) is 0 Å². The molecular weight excluding hydrogens is 346 g/mol. The lowest BCUT2D eigenvalue weighted by Crippen LogP contribution is -2.40. The summed E-state index contributed by atoms with van der Waals surface area (Å²) >= 11 is 3.43. The molecule has 1 fully saturated rings. The number of likely N-dealkylation sites (tertiary alicyclic amines) is 1. The number of nitrogens with zero attached hydrogens (tertiary/aromatic N) is 2. The fraction of sp³-hybridized carbons (Fsp3) is 0.500. The largest absolute Gasteiger partial charge is 0.469 e. The smallest absolute Gasteiger partial charge is 0.310 e. The minimum absolute atomic E-state index is 0.0868. The molecule has 1 aromatic carbocycles. The van der Waals surface area contributed by atoms with Crippen LogP contribution in [0.4, 0.5) is 0 Å². The van der Waals surface area contributed by atoms with Gasteiger partial charge in [0, 0.05) is 31.2 Å². The Bertz CT molecular complexity index is 545. The van der Waals surface area contributed by atoms with E-state index in [9.17, 15) is 4.79 Å². The topological polar surface area (TPSA) is 53.9 Å². The first-order valence-electron chi connectivity index (χ1n) is 7.33. The molecule has 2 rings (SSSR count). The molecule has 0 aliphatic carbocycles. The van der Waals surface area contributed by atoms with E-state index >= 15 is 0 Å². The SMILES string of the molecule is CN=C(NCc1ccc(Br)cc1)N1CC(C)C(C(=O)OC)C1. The number of nitrogens with one attached hydrogen (secondary N) is 1. The lowest BCUT2D eigenvalue weighted by atomic mass is 9.99. The van der Waals surface area contributed by atoms with Crippen LogP contribution < -0.4 is 5.32 Å². The second-order valence-electron chi connectivity index (χ2n) is 5.54. The van der Waals surface area contributed by atoms with E-state index in [1.165, 1.54) is 12.7 Å². The zero-order valence-electron chi connectivity index (χ0n) is 13.2. The molecule has 1 saturated heterocycles. The first-order chi connectivity index (χ1) is 10.5. The van der Waals surface area contributed by atoms with Gasteiger partial charge in [0.25, 0.3) is 0 Å². The lowest BCUT2D eigenvalue weighted by Gasteiger charge is -2.21. The van der Waals surface area contributed by atoms with Gasteiger partial charge in [-0.1, -0.05) is 35.0 Å². The highest BCUT2D eigenvalue weighted by Gasteiger charge is 2.36. The number of methoxy groups -OCH3 is 1. The Kier molecular flexibility index (Phi) is 5.83. The fourth-order valence-corrected chi connectivity index (χ4v) is 2.98. The number of ether oxygens (including phenoxy) is 1. The van der Waals surface area contributed by atoms with Gasteiger partial charge in [0.2, 0.25) is 0 Å². The first-order valence-corrected chi connectivity index (χ1v) is 8.12. The van der Waals surface area contributed by atoms with Gasteiger partial charge in [-0.05, 0) is 23.6 Å². The molecule has 2 atom stereocenters. The third-order valence-corrected chi connectivity index (χ3v) is 4.52.